The molecule has 0 saturated heterocycles. The predicted octanol–water partition coefficient (Wildman–Crippen LogP) is 4.57. The van der Waals surface area contributed by atoms with Crippen LogP contribution in [0.25, 0.3) is 0 Å². The van der Waals surface area contributed by atoms with Crippen LogP contribution in [-0.4, -0.2) is 4.98 Å². The van der Waals surface area contributed by atoms with E-state index in [1.807, 2.05) is 29.8 Å². The Kier molecular flexibility index (Phi) is 4.05. The molecule has 2 nitrogen and oxygen atoms in total. The molecule has 16 heavy (non-hydrogen) atoms. The Hall–Kier alpha value is -0.330. The van der Waals surface area contributed by atoms with Crippen molar-refractivity contribution in [3.05, 3.63) is 43.4 Å². The Morgan fingerprint density at radius 1 is 1.50 bits per heavy atom. The van der Waals surface area contributed by atoms with E-state index in [9.17, 15) is 0 Å². The summed E-state index contributed by atoms with van der Waals surface area (Å²) in [4.78, 5) is 4.27. The van der Waals surface area contributed by atoms with Crippen molar-refractivity contribution < 1.29 is 0 Å². The molecule has 1 aromatic carbocycles. The smallest absolute Gasteiger partial charge is 0.115 e. The molecule has 0 spiro atoms. The summed E-state index contributed by atoms with van der Waals surface area (Å²) in [5.41, 5.74) is 0.949. The summed E-state index contributed by atoms with van der Waals surface area (Å²) in [7, 11) is 0. The number of benzene rings is 1. The SMILES string of the molecule is CC(Nc1ccc(I)cc1Cl)c1nccs1. The number of nitrogens with one attached hydrogen (secondary N) is 1. The van der Waals surface area contributed by atoms with Gasteiger partial charge in [-0.1, -0.05) is 11.6 Å². The Bertz CT molecular complexity index is 473. The average Bonchev–Trinajstić information content (AvgIpc) is 2.75. The number of rotatable bonds is 3. The molecule has 1 N–H and O–H groups in total. The van der Waals surface area contributed by atoms with Crippen molar-refractivity contribution in [3.8, 4) is 0 Å². The van der Waals surface area contributed by atoms with Gasteiger partial charge in [0.1, 0.15) is 5.01 Å². The van der Waals surface area contributed by atoms with Crippen LogP contribution < -0.4 is 5.32 Å². The molecular formula is C11H10ClIN2S. The van der Waals surface area contributed by atoms with Gasteiger partial charge in [-0.2, -0.15) is 0 Å². The molecule has 0 amide bonds. The fourth-order valence-electron chi connectivity index (χ4n) is 1.35. The monoisotopic (exact) mass is 364 g/mol. The van der Waals surface area contributed by atoms with Gasteiger partial charge in [0.05, 0.1) is 16.8 Å². The normalized spacial score (nSPS) is 12.4. The maximum Gasteiger partial charge on any atom is 0.115 e. The van der Waals surface area contributed by atoms with E-state index >= 15 is 0 Å². The van der Waals surface area contributed by atoms with Crippen molar-refractivity contribution >= 4 is 51.2 Å². The highest BCUT2D eigenvalue weighted by molar-refractivity contribution is 14.1. The zero-order valence-electron chi connectivity index (χ0n) is 8.58. The minimum Gasteiger partial charge on any atom is -0.375 e. The largest absolute Gasteiger partial charge is 0.375 e. The molecule has 1 atom stereocenters. The first-order chi connectivity index (χ1) is 7.66. The second-order valence-corrected chi connectivity index (χ2v) is 5.94. The van der Waals surface area contributed by atoms with Gasteiger partial charge in [-0.15, -0.1) is 11.3 Å². The second kappa shape index (κ2) is 5.33. The van der Waals surface area contributed by atoms with Gasteiger partial charge >= 0.3 is 0 Å². The third kappa shape index (κ3) is 2.87. The van der Waals surface area contributed by atoms with Crippen molar-refractivity contribution in [1.29, 1.82) is 0 Å². The lowest BCUT2D eigenvalue weighted by Crippen LogP contribution is -2.06. The van der Waals surface area contributed by atoms with E-state index in [1.54, 1.807) is 11.3 Å². The number of hydrogen-bond acceptors (Lipinski definition) is 3. The summed E-state index contributed by atoms with van der Waals surface area (Å²) >= 11 is 10.0. The Labute approximate surface area is 117 Å². The number of halogens is 2. The molecule has 0 radical (unpaired) electrons. The van der Waals surface area contributed by atoms with Crippen LogP contribution in [-0.2, 0) is 0 Å². The van der Waals surface area contributed by atoms with E-state index in [0.717, 1.165) is 19.3 Å². The highest BCUT2D eigenvalue weighted by Gasteiger charge is 2.09. The minimum atomic E-state index is 0.178. The van der Waals surface area contributed by atoms with Gasteiger partial charge in [0.15, 0.2) is 0 Å². The molecule has 0 aliphatic heterocycles. The summed E-state index contributed by atoms with van der Waals surface area (Å²) < 4.78 is 1.13. The first-order valence-corrected chi connectivity index (χ1v) is 7.11. The van der Waals surface area contributed by atoms with Gasteiger partial charge in [0.2, 0.25) is 0 Å². The highest BCUT2D eigenvalue weighted by Crippen LogP contribution is 2.28. The number of thiazole rings is 1. The van der Waals surface area contributed by atoms with Crippen LogP contribution in [0.3, 0.4) is 0 Å². The fraction of sp³-hybridized carbons (Fsp3) is 0.182. The van der Waals surface area contributed by atoms with Gasteiger partial charge in [-0.05, 0) is 47.7 Å². The quantitative estimate of drug-likeness (QED) is 0.807. The third-order valence-corrected chi connectivity index (χ3v) is 4.07. The van der Waals surface area contributed by atoms with E-state index in [0.29, 0.717) is 0 Å². The van der Waals surface area contributed by atoms with Crippen molar-refractivity contribution in [2.45, 2.75) is 13.0 Å². The summed E-state index contributed by atoms with van der Waals surface area (Å²) in [6.07, 6.45) is 1.81. The van der Waals surface area contributed by atoms with Crippen molar-refractivity contribution in [3.63, 3.8) is 0 Å². The Morgan fingerprint density at radius 2 is 2.31 bits per heavy atom. The Balaban J connectivity index is 2.15. The van der Waals surface area contributed by atoms with E-state index in [4.69, 9.17) is 11.6 Å². The zero-order chi connectivity index (χ0) is 11.5. The van der Waals surface area contributed by atoms with Crippen molar-refractivity contribution in [1.82, 2.24) is 4.98 Å². The van der Waals surface area contributed by atoms with E-state index in [2.05, 4.69) is 39.8 Å². The maximum atomic E-state index is 6.15. The van der Waals surface area contributed by atoms with Crippen LogP contribution in [0.2, 0.25) is 5.02 Å². The molecule has 0 saturated carbocycles. The molecule has 0 aliphatic rings. The van der Waals surface area contributed by atoms with Crippen LogP contribution >= 0.6 is 45.5 Å². The second-order valence-electron chi connectivity index (χ2n) is 3.36. The molecule has 0 fully saturated rings. The number of nitrogens with zero attached hydrogens (tertiary/aromatic N) is 1. The summed E-state index contributed by atoms with van der Waals surface area (Å²) in [5.74, 6) is 0. The molecule has 1 aromatic heterocycles. The molecule has 2 rings (SSSR count). The van der Waals surface area contributed by atoms with E-state index in [1.165, 1.54) is 0 Å². The zero-order valence-corrected chi connectivity index (χ0v) is 12.3. The number of hydrogen-bond donors (Lipinski definition) is 1. The van der Waals surface area contributed by atoms with Crippen LogP contribution in [0.15, 0.2) is 29.8 Å². The standard InChI is InChI=1S/C11H10ClIN2S/c1-7(11-14-4-5-16-11)15-10-3-2-8(13)6-9(10)12/h2-7,15H,1H3. The topological polar surface area (TPSA) is 24.9 Å². The summed E-state index contributed by atoms with van der Waals surface area (Å²) in [5, 5.41) is 7.14. The van der Waals surface area contributed by atoms with Gasteiger partial charge in [0.25, 0.3) is 0 Å². The van der Waals surface area contributed by atoms with Crippen LogP contribution in [0, 0.1) is 3.57 Å². The molecule has 5 heteroatoms. The number of aromatic nitrogens is 1. The fourth-order valence-corrected chi connectivity index (χ4v) is 2.91. The highest BCUT2D eigenvalue weighted by atomic mass is 127. The Morgan fingerprint density at radius 3 is 2.94 bits per heavy atom. The van der Waals surface area contributed by atoms with Crippen LogP contribution in [0.1, 0.15) is 18.0 Å². The molecule has 0 aliphatic carbocycles. The predicted molar refractivity (Wildman–Crippen MR) is 78.3 cm³/mol. The van der Waals surface area contributed by atoms with Gasteiger partial charge < -0.3 is 5.32 Å². The first-order valence-electron chi connectivity index (χ1n) is 4.78. The molecule has 84 valence electrons. The summed E-state index contributed by atoms with van der Waals surface area (Å²) in [6, 6.07) is 6.15. The van der Waals surface area contributed by atoms with Crippen LogP contribution in [0.5, 0.6) is 0 Å². The average molecular weight is 365 g/mol. The lowest BCUT2D eigenvalue weighted by molar-refractivity contribution is 0.870. The lowest BCUT2D eigenvalue weighted by atomic mass is 10.3. The first kappa shape index (κ1) is 12.1. The van der Waals surface area contributed by atoms with E-state index in [-0.39, 0.29) is 6.04 Å². The minimum absolute atomic E-state index is 0.178. The van der Waals surface area contributed by atoms with Crippen LogP contribution in [0.4, 0.5) is 5.69 Å². The third-order valence-electron chi connectivity index (χ3n) is 2.12. The van der Waals surface area contributed by atoms with Crippen molar-refractivity contribution in [2.24, 2.45) is 0 Å². The molecule has 2 aromatic rings. The summed E-state index contributed by atoms with van der Waals surface area (Å²) in [6.45, 7) is 2.08. The molecular weight excluding hydrogens is 355 g/mol. The molecule has 1 heterocycles. The van der Waals surface area contributed by atoms with Gasteiger partial charge in [0, 0.05) is 15.1 Å². The lowest BCUT2D eigenvalue weighted by Gasteiger charge is -2.14. The van der Waals surface area contributed by atoms with E-state index < -0.39 is 0 Å². The van der Waals surface area contributed by atoms with Gasteiger partial charge in [-0.25, -0.2) is 4.98 Å². The number of anilines is 1. The van der Waals surface area contributed by atoms with Crippen molar-refractivity contribution in [2.75, 3.05) is 5.32 Å². The molecule has 0 bridgehead atoms. The molecule has 1 unspecified atom stereocenters. The maximum absolute atomic E-state index is 6.15. The van der Waals surface area contributed by atoms with Gasteiger partial charge in [-0.3, -0.25) is 0 Å².